The molecule has 0 unspecified atom stereocenters. The molecule has 0 N–H and O–H groups in total. The Labute approximate surface area is 116 Å². The van der Waals surface area contributed by atoms with Crippen molar-refractivity contribution in [1.29, 1.82) is 0 Å². The smallest absolute Gasteiger partial charge is 0.331 e. The van der Waals surface area contributed by atoms with Crippen LogP contribution in [0.2, 0.25) is 0 Å². The van der Waals surface area contributed by atoms with Gasteiger partial charge in [-0.1, -0.05) is 52.9 Å². The summed E-state index contributed by atoms with van der Waals surface area (Å²) in [5.74, 6) is -0.278. The number of carbonyl (C=O) groups is 1. The Kier molecular flexibility index (Phi) is 6.23. The minimum absolute atomic E-state index is 0.278. The molecule has 0 bridgehead atoms. The SMILES string of the molecule is O=C(/C=C(/I)CI)OCc1ccccc1. The molecule has 0 heterocycles. The number of allylic oxidation sites excluding steroid dienone is 1. The summed E-state index contributed by atoms with van der Waals surface area (Å²) >= 11 is 4.33. The minimum Gasteiger partial charge on any atom is -0.458 e. The van der Waals surface area contributed by atoms with Crippen molar-refractivity contribution >= 4 is 51.2 Å². The second kappa shape index (κ2) is 7.21. The van der Waals surface area contributed by atoms with Crippen molar-refractivity contribution in [3.8, 4) is 0 Å². The van der Waals surface area contributed by atoms with Gasteiger partial charge in [-0.2, -0.15) is 0 Å². The molecule has 0 amide bonds. The van der Waals surface area contributed by atoms with Crippen LogP contribution in [0.1, 0.15) is 5.56 Å². The predicted octanol–water partition coefficient (Wildman–Crippen LogP) is 3.48. The molecular weight excluding hydrogens is 418 g/mol. The van der Waals surface area contributed by atoms with E-state index in [1.807, 2.05) is 30.3 Å². The number of halogens is 2. The van der Waals surface area contributed by atoms with Crippen LogP contribution in [-0.4, -0.2) is 10.4 Å². The molecule has 1 aromatic rings. The third-order valence-corrected chi connectivity index (χ3v) is 4.60. The van der Waals surface area contributed by atoms with Crippen LogP contribution in [0.3, 0.4) is 0 Å². The monoisotopic (exact) mass is 428 g/mol. The quantitative estimate of drug-likeness (QED) is 0.318. The van der Waals surface area contributed by atoms with E-state index in [0.717, 1.165) is 13.6 Å². The van der Waals surface area contributed by atoms with Crippen LogP contribution in [0, 0.1) is 0 Å². The van der Waals surface area contributed by atoms with E-state index in [1.54, 1.807) is 0 Å². The lowest BCUT2D eigenvalue weighted by atomic mass is 10.2. The van der Waals surface area contributed by atoms with Gasteiger partial charge >= 0.3 is 5.97 Å². The van der Waals surface area contributed by atoms with Gasteiger partial charge in [-0.05, 0) is 28.2 Å². The van der Waals surface area contributed by atoms with Crippen LogP contribution in [0.15, 0.2) is 40.0 Å². The Balaban J connectivity index is 2.41. The summed E-state index contributed by atoms with van der Waals surface area (Å²) < 4.78 is 6.90. The van der Waals surface area contributed by atoms with Gasteiger partial charge in [0.15, 0.2) is 0 Å². The average molecular weight is 428 g/mol. The maximum absolute atomic E-state index is 11.3. The van der Waals surface area contributed by atoms with Crippen LogP contribution >= 0.6 is 45.2 Å². The lowest BCUT2D eigenvalue weighted by Gasteiger charge is -2.01. The third kappa shape index (κ3) is 5.50. The topological polar surface area (TPSA) is 26.3 Å². The van der Waals surface area contributed by atoms with Crippen LogP contribution < -0.4 is 0 Å². The van der Waals surface area contributed by atoms with E-state index in [2.05, 4.69) is 45.2 Å². The minimum atomic E-state index is -0.278. The first-order valence-electron chi connectivity index (χ1n) is 4.35. The summed E-state index contributed by atoms with van der Waals surface area (Å²) in [5.41, 5.74) is 1.00. The summed E-state index contributed by atoms with van der Waals surface area (Å²) in [5, 5.41) is 0. The summed E-state index contributed by atoms with van der Waals surface area (Å²) in [6.07, 6.45) is 1.52. The van der Waals surface area contributed by atoms with Crippen molar-refractivity contribution in [2.75, 3.05) is 4.43 Å². The molecule has 0 spiro atoms. The van der Waals surface area contributed by atoms with E-state index in [-0.39, 0.29) is 5.97 Å². The molecule has 0 aromatic heterocycles. The maximum Gasteiger partial charge on any atom is 0.331 e. The zero-order valence-electron chi connectivity index (χ0n) is 7.95. The average Bonchev–Trinajstić information content (AvgIpc) is 2.27. The summed E-state index contributed by atoms with van der Waals surface area (Å²) in [6.45, 7) is 0.335. The van der Waals surface area contributed by atoms with Crippen molar-refractivity contribution in [3.05, 3.63) is 45.6 Å². The molecular formula is C11H10I2O2. The Morgan fingerprint density at radius 3 is 2.60 bits per heavy atom. The first-order valence-corrected chi connectivity index (χ1v) is 6.95. The molecule has 0 aliphatic heterocycles. The van der Waals surface area contributed by atoms with Gasteiger partial charge < -0.3 is 4.74 Å². The standard InChI is InChI=1S/C11H10I2O2/c12-7-10(13)6-11(14)15-8-9-4-2-1-3-5-9/h1-6H,7-8H2/b10-6+. The Morgan fingerprint density at radius 2 is 2.00 bits per heavy atom. The van der Waals surface area contributed by atoms with E-state index in [9.17, 15) is 4.79 Å². The number of hydrogen-bond donors (Lipinski definition) is 0. The first kappa shape index (κ1) is 13.0. The van der Waals surface area contributed by atoms with Gasteiger partial charge in [0.1, 0.15) is 6.61 Å². The van der Waals surface area contributed by atoms with Crippen LogP contribution in [0.5, 0.6) is 0 Å². The zero-order chi connectivity index (χ0) is 11.1. The molecule has 1 aromatic carbocycles. The Bertz CT molecular complexity index is 347. The van der Waals surface area contributed by atoms with E-state index in [1.165, 1.54) is 6.08 Å². The number of rotatable bonds is 4. The summed E-state index contributed by atoms with van der Waals surface area (Å²) in [4.78, 5) is 11.3. The van der Waals surface area contributed by atoms with Gasteiger partial charge in [-0.15, -0.1) is 0 Å². The molecule has 0 aliphatic rings. The molecule has 0 aliphatic carbocycles. The molecule has 1 rings (SSSR count). The number of alkyl halides is 1. The van der Waals surface area contributed by atoms with E-state index >= 15 is 0 Å². The van der Waals surface area contributed by atoms with Gasteiger partial charge in [0.05, 0.1) is 0 Å². The van der Waals surface area contributed by atoms with Gasteiger partial charge in [-0.25, -0.2) is 4.79 Å². The number of esters is 1. The van der Waals surface area contributed by atoms with Crippen molar-refractivity contribution in [3.63, 3.8) is 0 Å². The maximum atomic E-state index is 11.3. The first-order chi connectivity index (χ1) is 7.22. The highest BCUT2D eigenvalue weighted by Crippen LogP contribution is 2.10. The lowest BCUT2D eigenvalue weighted by Crippen LogP contribution is -2.01. The normalized spacial score (nSPS) is 11.2. The number of hydrogen-bond acceptors (Lipinski definition) is 2. The summed E-state index contributed by atoms with van der Waals surface area (Å²) in [7, 11) is 0. The van der Waals surface area contributed by atoms with Gasteiger partial charge in [0, 0.05) is 14.1 Å². The number of carbonyl (C=O) groups excluding carboxylic acids is 1. The molecule has 0 fully saturated rings. The number of ether oxygens (including phenoxy) is 1. The largest absolute Gasteiger partial charge is 0.458 e. The Morgan fingerprint density at radius 1 is 1.33 bits per heavy atom. The van der Waals surface area contributed by atoms with E-state index in [0.29, 0.717) is 6.61 Å². The fourth-order valence-electron chi connectivity index (χ4n) is 0.937. The molecule has 0 atom stereocenters. The van der Waals surface area contributed by atoms with E-state index in [4.69, 9.17) is 4.74 Å². The van der Waals surface area contributed by atoms with Crippen molar-refractivity contribution in [1.82, 2.24) is 0 Å². The van der Waals surface area contributed by atoms with Crippen LogP contribution in [0.25, 0.3) is 0 Å². The second-order valence-electron chi connectivity index (χ2n) is 2.82. The highest BCUT2D eigenvalue weighted by Gasteiger charge is 2.00. The van der Waals surface area contributed by atoms with E-state index < -0.39 is 0 Å². The highest BCUT2D eigenvalue weighted by molar-refractivity contribution is 14.1. The summed E-state index contributed by atoms with van der Waals surface area (Å²) in [6, 6.07) is 9.64. The second-order valence-corrected chi connectivity index (χ2v) is 4.97. The fraction of sp³-hybridized carbons (Fsp3) is 0.182. The van der Waals surface area contributed by atoms with Crippen LogP contribution in [0.4, 0.5) is 0 Å². The highest BCUT2D eigenvalue weighted by atomic mass is 127. The molecule has 0 saturated heterocycles. The molecule has 80 valence electrons. The third-order valence-electron chi connectivity index (χ3n) is 1.63. The lowest BCUT2D eigenvalue weighted by molar-refractivity contribution is -0.139. The molecule has 4 heteroatoms. The molecule has 2 nitrogen and oxygen atoms in total. The predicted molar refractivity (Wildman–Crippen MR) is 77.2 cm³/mol. The van der Waals surface area contributed by atoms with Gasteiger partial charge in [-0.3, -0.25) is 0 Å². The van der Waals surface area contributed by atoms with Crippen molar-refractivity contribution in [2.24, 2.45) is 0 Å². The van der Waals surface area contributed by atoms with Crippen molar-refractivity contribution in [2.45, 2.75) is 6.61 Å². The zero-order valence-corrected chi connectivity index (χ0v) is 12.3. The molecule has 0 saturated carbocycles. The number of benzene rings is 1. The molecule has 15 heavy (non-hydrogen) atoms. The Hall–Kier alpha value is -0.110. The molecule has 0 radical (unpaired) electrons. The van der Waals surface area contributed by atoms with Crippen molar-refractivity contribution < 1.29 is 9.53 Å². The van der Waals surface area contributed by atoms with Gasteiger partial charge in [0.25, 0.3) is 0 Å². The fourth-order valence-corrected chi connectivity index (χ4v) is 1.41. The van der Waals surface area contributed by atoms with Crippen LogP contribution in [-0.2, 0) is 16.1 Å². The van der Waals surface area contributed by atoms with Gasteiger partial charge in [0.2, 0.25) is 0 Å².